The van der Waals surface area contributed by atoms with Crippen molar-refractivity contribution in [1.29, 1.82) is 0 Å². The predicted molar refractivity (Wildman–Crippen MR) is 68.9 cm³/mol. The predicted octanol–water partition coefficient (Wildman–Crippen LogP) is 3.10. The largest absolute Gasteiger partial charge is 0.489 e. The van der Waals surface area contributed by atoms with E-state index in [-0.39, 0.29) is 17.6 Å². The van der Waals surface area contributed by atoms with Crippen molar-refractivity contribution in [3.63, 3.8) is 0 Å². The minimum absolute atomic E-state index is 0.0421. The van der Waals surface area contributed by atoms with Gasteiger partial charge in [-0.15, -0.1) is 0 Å². The van der Waals surface area contributed by atoms with Crippen LogP contribution in [0.1, 0.15) is 40.2 Å². The lowest BCUT2D eigenvalue weighted by Crippen LogP contribution is -2.33. The van der Waals surface area contributed by atoms with Crippen molar-refractivity contribution in [2.45, 2.75) is 52.2 Å². The van der Waals surface area contributed by atoms with Crippen LogP contribution in [0.2, 0.25) is 0 Å². The van der Waals surface area contributed by atoms with Gasteiger partial charge in [0, 0.05) is 6.04 Å². The fourth-order valence-corrected chi connectivity index (χ4v) is 1.36. The molecule has 0 radical (unpaired) electrons. The van der Waals surface area contributed by atoms with Gasteiger partial charge < -0.3 is 10.5 Å². The van der Waals surface area contributed by atoms with Crippen molar-refractivity contribution >= 4 is 0 Å². The first kappa shape index (κ1) is 13.0. The molecule has 0 aliphatic rings. The Labute approximate surface area is 98.8 Å². The molecule has 1 aromatic rings. The van der Waals surface area contributed by atoms with Crippen molar-refractivity contribution in [1.82, 2.24) is 0 Å². The van der Waals surface area contributed by atoms with Crippen LogP contribution in [0.3, 0.4) is 0 Å². The van der Waals surface area contributed by atoms with Crippen LogP contribution in [0.15, 0.2) is 24.3 Å². The van der Waals surface area contributed by atoms with Gasteiger partial charge in [-0.05, 0) is 37.0 Å². The van der Waals surface area contributed by atoms with Gasteiger partial charge in [-0.25, -0.2) is 0 Å². The highest BCUT2D eigenvalue weighted by Gasteiger charge is 2.14. The Morgan fingerprint density at radius 2 is 1.56 bits per heavy atom. The van der Waals surface area contributed by atoms with E-state index in [0.29, 0.717) is 0 Å². The second-order valence-electron chi connectivity index (χ2n) is 5.46. The van der Waals surface area contributed by atoms with Crippen LogP contribution < -0.4 is 10.5 Å². The summed E-state index contributed by atoms with van der Waals surface area (Å²) in [6, 6.07) is 8.30. The molecule has 0 amide bonds. The van der Waals surface area contributed by atoms with Gasteiger partial charge >= 0.3 is 0 Å². The van der Waals surface area contributed by atoms with Crippen LogP contribution >= 0.6 is 0 Å². The summed E-state index contributed by atoms with van der Waals surface area (Å²) in [5.41, 5.74) is 7.26. The lowest BCUT2D eigenvalue weighted by atomic mass is 9.87. The van der Waals surface area contributed by atoms with Crippen molar-refractivity contribution in [3.05, 3.63) is 29.8 Å². The first-order chi connectivity index (χ1) is 7.30. The maximum Gasteiger partial charge on any atom is 0.119 e. The molecule has 90 valence electrons. The van der Waals surface area contributed by atoms with E-state index in [2.05, 4.69) is 32.9 Å². The zero-order chi connectivity index (χ0) is 12.3. The molecule has 2 heteroatoms. The zero-order valence-corrected chi connectivity index (χ0v) is 10.9. The summed E-state index contributed by atoms with van der Waals surface area (Å²) in [7, 11) is 0. The standard InChI is InChI=1S/C14H23NO/c1-10(15)11(2)16-13-8-6-12(7-9-13)14(3,4)5/h6-11H,15H2,1-5H3. The third-order valence-corrected chi connectivity index (χ3v) is 2.78. The van der Waals surface area contributed by atoms with Gasteiger partial charge in [-0.1, -0.05) is 32.9 Å². The summed E-state index contributed by atoms with van der Waals surface area (Å²) in [5, 5.41) is 0. The highest BCUT2D eigenvalue weighted by molar-refractivity contribution is 5.31. The quantitative estimate of drug-likeness (QED) is 0.851. The van der Waals surface area contributed by atoms with E-state index < -0.39 is 0 Å². The Kier molecular flexibility index (Phi) is 3.98. The maximum absolute atomic E-state index is 5.76. The van der Waals surface area contributed by atoms with Gasteiger partial charge in [0.05, 0.1) is 0 Å². The minimum Gasteiger partial charge on any atom is -0.489 e. The highest BCUT2D eigenvalue weighted by Crippen LogP contribution is 2.24. The van der Waals surface area contributed by atoms with Crippen molar-refractivity contribution < 1.29 is 4.74 Å². The van der Waals surface area contributed by atoms with E-state index in [1.807, 2.05) is 26.0 Å². The van der Waals surface area contributed by atoms with Gasteiger partial charge in [-0.3, -0.25) is 0 Å². The lowest BCUT2D eigenvalue weighted by molar-refractivity contribution is 0.196. The van der Waals surface area contributed by atoms with E-state index in [1.54, 1.807) is 0 Å². The Hall–Kier alpha value is -1.02. The van der Waals surface area contributed by atoms with Crippen LogP contribution in [0.5, 0.6) is 5.75 Å². The average Bonchev–Trinajstić information content (AvgIpc) is 2.17. The summed E-state index contributed by atoms with van der Waals surface area (Å²) >= 11 is 0. The Morgan fingerprint density at radius 3 is 1.94 bits per heavy atom. The van der Waals surface area contributed by atoms with Crippen molar-refractivity contribution in [2.24, 2.45) is 5.73 Å². The van der Waals surface area contributed by atoms with E-state index in [9.17, 15) is 0 Å². The topological polar surface area (TPSA) is 35.2 Å². The molecule has 2 nitrogen and oxygen atoms in total. The molecule has 1 rings (SSSR count). The molecule has 16 heavy (non-hydrogen) atoms. The van der Waals surface area contributed by atoms with Gasteiger partial charge in [0.25, 0.3) is 0 Å². The number of benzene rings is 1. The second kappa shape index (κ2) is 4.88. The van der Waals surface area contributed by atoms with E-state index in [0.717, 1.165) is 5.75 Å². The molecule has 0 bridgehead atoms. The number of hydrogen-bond donors (Lipinski definition) is 1. The van der Waals surface area contributed by atoms with Crippen molar-refractivity contribution in [2.75, 3.05) is 0 Å². The van der Waals surface area contributed by atoms with Crippen LogP contribution in [-0.4, -0.2) is 12.1 Å². The first-order valence-electron chi connectivity index (χ1n) is 5.83. The van der Waals surface area contributed by atoms with Crippen molar-refractivity contribution in [3.8, 4) is 5.75 Å². The van der Waals surface area contributed by atoms with Crippen LogP contribution in [0.4, 0.5) is 0 Å². The Morgan fingerprint density at radius 1 is 1.06 bits per heavy atom. The van der Waals surface area contributed by atoms with E-state index in [4.69, 9.17) is 10.5 Å². The summed E-state index contributed by atoms with van der Waals surface area (Å²) in [4.78, 5) is 0. The molecule has 0 spiro atoms. The third-order valence-electron chi connectivity index (χ3n) is 2.78. The molecular formula is C14H23NO. The monoisotopic (exact) mass is 221 g/mol. The zero-order valence-electron chi connectivity index (χ0n) is 10.9. The molecule has 0 aromatic heterocycles. The molecule has 0 fully saturated rings. The first-order valence-corrected chi connectivity index (χ1v) is 5.83. The van der Waals surface area contributed by atoms with Crippen LogP contribution in [0.25, 0.3) is 0 Å². The smallest absolute Gasteiger partial charge is 0.119 e. The van der Waals surface area contributed by atoms with Crippen LogP contribution in [0, 0.1) is 0 Å². The molecular weight excluding hydrogens is 198 g/mol. The number of rotatable bonds is 3. The highest BCUT2D eigenvalue weighted by atomic mass is 16.5. The van der Waals surface area contributed by atoms with Gasteiger partial charge in [0.2, 0.25) is 0 Å². The normalized spacial score (nSPS) is 15.6. The SMILES string of the molecule is CC(N)C(C)Oc1ccc(C(C)(C)C)cc1. The third kappa shape index (κ3) is 3.53. The molecule has 2 N–H and O–H groups in total. The summed E-state index contributed by atoms with van der Waals surface area (Å²) in [6.07, 6.45) is 0.0421. The number of ether oxygens (including phenoxy) is 1. The number of nitrogens with two attached hydrogens (primary N) is 1. The minimum atomic E-state index is 0.0421. The number of hydrogen-bond acceptors (Lipinski definition) is 2. The second-order valence-corrected chi connectivity index (χ2v) is 5.46. The average molecular weight is 221 g/mol. The van der Waals surface area contributed by atoms with E-state index >= 15 is 0 Å². The molecule has 2 atom stereocenters. The maximum atomic E-state index is 5.76. The fourth-order valence-electron chi connectivity index (χ4n) is 1.36. The molecule has 0 aliphatic heterocycles. The van der Waals surface area contributed by atoms with Gasteiger partial charge in [0.1, 0.15) is 11.9 Å². The fraction of sp³-hybridized carbons (Fsp3) is 0.571. The van der Waals surface area contributed by atoms with Gasteiger partial charge in [-0.2, -0.15) is 0 Å². The van der Waals surface area contributed by atoms with E-state index in [1.165, 1.54) is 5.56 Å². The van der Waals surface area contributed by atoms with Gasteiger partial charge in [0.15, 0.2) is 0 Å². The summed E-state index contributed by atoms with van der Waals surface area (Å²) in [5.74, 6) is 0.887. The molecule has 0 aliphatic carbocycles. The molecule has 0 saturated carbocycles. The molecule has 1 aromatic carbocycles. The molecule has 0 heterocycles. The molecule has 2 unspecified atom stereocenters. The summed E-state index contributed by atoms with van der Waals surface area (Å²) < 4.78 is 5.72. The molecule has 0 saturated heterocycles. The van der Waals surface area contributed by atoms with Crippen LogP contribution in [-0.2, 0) is 5.41 Å². The summed E-state index contributed by atoms with van der Waals surface area (Å²) in [6.45, 7) is 10.5. The Bertz CT molecular complexity index is 322. The Balaban J connectivity index is 2.72. The lowest BCUT2D eigenvalue weighted by Gasteiger charge is -2.21.